The summed E-state index contributed by atoms with van der Waals surface area (Å²) in [4.78, 5) is 66.1. The highest BCUT2D eigenvalue weighted by atomic mass is 19.4. The van der Waals surface area contributed by atoms with Gasteiger partial charge in [-0.3, -0.25) is 24.9 Å². The van der Waals surface area contributed by atoms with E-state index in [0.717, 1.165) is 89.8 Å². The molecular formula is C54H62F9N9O8. The molecular weight excluding hydrogens is 1070 g/mol. The number of halogens is 9. The lowest BCUT2D eigenvalue weighted by atomic mass is 9.82. The van der Waals surface area contributed by atoms with Crippen molar-refractivity contribution in [2.45, 2.75) is 103 Å². The number of methoxy groups -OCH3 is 2. The maximum Gasteiger partial charge on any atom is 0.407 e. The second-order valence-corrected chi connectivity index (χ2v) is 20.4. The number of anilines is 1. The first kappa shape index (κ1) is 62.0. The molecule has 5 N–H and O–H groups in total. The summed E-state index contributed by atoms with van der Waals surface area (Å²) in [7, 11) is 1.63. The Morgan fingerprint density at radius 2 is 1.35 bits per heavy atom. The SMILES string of the molecule is CC[C@H]1CN(C2COC2)CCN1c1ccc(C#Cc2ccc(C[C@H](NC(=O)[C@@H](NC(=O)OC)C(C)(C)C(F)(F)F)[C@@H](O)CN(Cc3c(F)cc(-c4ccc(F)cn4)cc3F)NC(=O)[C@@H](NC(=O)OC)C(C)(C)C(F)(F)F)cc2)cn1. The van der Waals surface area contributed by atoms with Crippen molar-refractivity contribution >= 4 is 29.8 Å². The standard InChI is InChI=1S/C54H62F9N9O8/c1-8-36-26-70(37-29-80-30-37)19-20-72(36)44-18-15-33(24-65-44)14-11-31-9-12-32(13-10-31)21-42(66-47(74)45(67-49(76)78-6)51(2,3)53(58,59)60)43(73)28-71(69-48(75)46(68-50(77)79-7)52(4,5)54(61,62)63)27-38-39(56)22-34(23-40(38)57)41-17-16-35(55)25-64-41/h9-10,12-13,15-18,22-25,36-37,42-43,45-46,73H,8,19-21,26-30H2,1-7H3,(H,66,74)(H,67,76)(H,68,77)(H,69,75)/t36-,42-,43-,45+,46+/m0/s1. The number of carbonyl (C=O) groups is 4. The zero-order valence-corrected chi connectivity index (χ0v) is 44.7. The highest BCUT2D eigenvalue weighted by Crippen LogP contribution is 2.42. The van der Waals surface area contributed by atoms with Crippen LogP contribution in [0, 0.1) is 40.1 Å². The average Bonchev–Trinajstić information content (AvgIpc) is 3.43. The molecule has 2 aliphatic heterocycles. The van der Waals surface area contributed by atoms with Crippen LogP contribution in [0.2, 0.25) is 0 Å². The predicted molar refractivity (Wildman–Crippen MR) is 272 cm³/mol. The summed E-state index contributed by atoms with van der Waals surface area (Å²) in [5.74, 6) is 0.266. The molecule has 2 aromatic carbocycles. The zero-order valence-electron chi connectivity index (χ0n) is 44.7. The van der Waals surface area contributed by atoms with Crippen molar-refractivity contribution in [1.82, 2.24) is 41.3 Å². The number of carbonyl (C=O) groups excluding carboxylic acids is 4. The van der Waals surface area contributed by atoms with E-state index in [1.165, 1.54) is 12.1 Å². The van der Waals surface area contributed by atoms with E-state index in [1.54, 1.807) is 23.6 Å². The molecule has 17 nitrogen and oxygen atoms in total. The molecule has 0 unspecified atom stereocenters. The topological polar surface area (TPSA) is 200 Å². The number of hydrazine groups is 1. The van der Waals surface area contributed by atoms with E-state index in [4.69, 9.17) is 4.74 Å². The third kappa shape index (κ3) is 15.2. The van der Waals surface area contributed by atoms with Gasteiger partial charge in [-0.05, 0) is 94.6 Å². The Labute approximate surface area is 455 Å². The van der Waals surface area contributed by atoms with Gasteiger partial charge in [0, 0.05) is 67.2 Å². The number of aromatic nitrogens is 2. The highest BCUT2D eigenvalue weighted by Gasteiger charge is 2.57. The molecule has 0 bridgehead atoms. The number of pyridine rings is 2. The van der Waals surface area contributed by atoms with E-state index < -0.39 is 114 Å². The third-order valence-corrected chi connectivity index (χ3v) is 14.2. The van der Waals surface area contributed by atoms with Crippen LogP contribution < -0.4 is 26.3 Å². The van der Waals surface area contributed by atoms with Crippen LogP contribution in [0.1, 0.15) is 63.3 Å². The van der Waals surface area contributed by atoms with Gasteiger partial charge in [-0.2, -0.15) is 26.3 Å². The maximum absolute atomic E-state index is 16.0. The van der Waals surface area contributed by atoms with Gasteiger partial charge in [0.2, 0.25) is 5.91 Å². The van der Waals surface area contributed by atoms with Crippen LogP contribution in [0.15, 0.2) is 73.1 Å². The van der Waals surface area contributed by atoms with Gasteiger partial charge in [-0.15, -0.1) is 0 Å². The van der Waals surface area contributed by atoms with Crippen LogP contribution in [0.4, 0.5) is 54.9 Å². The highest BCUT2D eigenvalue weighted by molar-refractivity contribution is 5.87. The summed E-state index contributed by atoms with van der Waals surface area (Å²) in [5, 5.41) is 18.6. The van der Waals surface area contributed by atoms with Gasteiger partial charge < -0.3 is 40.2 Å². The van der Waals surface area contributed by atoms with Crippen molar-refractivity contribution in [3.8, 4) is 23.1 Å². The van der Waals surface area contributed by atoms with Crippen LogP contribution >= 0.6 is 0 Å². The van der Waals surface area contributed by atoms with Crippen molar-refractivity contribution < 1.29 is 78.0 Å². The van der Waals surface area contributed by atoms with Crippen molar-refractivity contribution in [1.29, 1.82) is 0 Å². The van der Waals surface area contributed by atoms with Gasteiger partial charge >= 0.3 is 24.5 Å². The molecule has 5 atom stereocenters. The largest absolute Gasteiger partial charge is 0.453 e. The number of rotatable bonds is 19. The molecule has 80 heavy (non-hydrogen) atoms. The molecule has 2 fully saturated rings. The number of hydrogen-bond acceptors (Lipinski definition) is 13. The van der Waals surface area contributed by atoms with Crippen molar-refractivity contribution in [3.63, 3.8) is 0 Å². The lowest BCUT2D eigenvalue weighted by molar-refractivity contribution is -0.221. The lowest BCUT2D eigenvalue weighted by Gasteiger charge is -2.47. The number of amides is 4. The van der Waals surface area contributed by atoms with Crippen LogP contribution in [0.5, 0.6) is 0 Å². The molecule has 434 valence electrons. The molecule has 0 aliphatic carbocycles. The zero-order chi connectivity index (χ0) is 58.9. The molecule has 4 heterocycles. The smallest absolute Gasteiger partial charge is 0.407 e. The molecule has 26 heteroatoms. The Hall–Kier alpha value is -7.21. The van der Waals surface area contributed by atoms with Crippen LogP contribution in [-0.4, -0.2) is 151 Å². The molecule has 4 aromatic rings. The number of aliphatic hydroxyl groups is 1. The van der Waals surface area contributed by atoms with E-state index in [-0.39, 0.29) is 17.3 Å². The number of nitrogens with one attached hydrogen (secondary N) is 4. The van der Waals surface area contributed by atoms with Crippen molar-refractivity contribution in [2.24, 2.45) is 10.8 Å². The van der Waals surface area contributed by atoms with E-state index in [0.29, 0.717) is 55.4 Å². The van der Waals surface area contributed by atoms with E-state index >= 15 is 8.78 Å². The number of piperazine rings is 1. The minimum atomic E-state index is -5.21. The fourth-order valence-corrected chi connectivity index (χ4v) is 8.79. The summed E-state index contributed by atoms with van der Waals surface area (Å²) in [5.41, 5.74) is -3.84. The summed E-state index contributed by atoms with van der Waals surface area (Å²) < 4.78 is 147. The summed E-state index contributed by atoms with van der Waals surface area (Å²) in [6.07, 6.45) is -12.5. The Morgan fingerprint density at radius 3 is 1.85 bits per heavy atom. The minimum absolute atomic E-state index is 0.0809. The van der Waals surface area contributed by atoms with Crippen LogP contribution in [0.25, 0.3) is 11.3 Å². The number of alkyl carbamates (subject to hydrolysis) is 2. The molecule has 2 aliphatic rings. The Morgan fingerprint density at radius 1 is 0.775 bits per heavy atom. The van der Waals surface area contributed by atoms with Gasteiger partial charge in [-0.25, -0.2) is 32.8 Å². The molecule has 0 saturated carbocycles. The average molecular weight is 1140 g/mol. The summed E-state index contributed by atoms with van der Waals surface area (Å²) in [6, 6.07) is 7.46. The third-order valence-electron chi connectivity index (χ3n) is 14.2. The van der Waals surface area contributed by atoms with Gasteiger partial charge in [-0.1, -0.05) is 30.9 Å². The minimum Gasteiger partial charge on any atom is -0.453 e. The second-order valence-electron chi connectivity index (χ2n) is 20.4. The second kappa shape index (κ2) is 25.9. The van der Waals surface area contributed by atoms with Gasteiger partial charge in [0.25, 0.3) is 5.91 Å². The van der Waals surface area contributed by atoms with E-state index in [2.05, 4.69) is 58.7 Å². The predicted octanol–water partition coefficient (Wildman–Crippen LogP) is 6.81. The fraction of sp³-hybridized carbons (Fsp3) is 0.481. The first-order chi connectivity index (χ1) is 37.6. The first-order valence-electron chi connectivity index (χ1n) is 25.2. The Balaban J connectivity index is 1.32. The Bertz CT molecular complexity index is 2840. The van der Waals surface area contributed by atoms with E-state index in [9.17, 15) is 55.0 Å². The maximum atomic E-state index is 16.0. The van der Waals surface area contributed by atoms with Gasteiger partial charge in [0.05, 0.1) is 68.3 Å². The molecule has 0 spiro atoms. The summed E-state index contributed by atoms with van der Waals surface area (Å²) in [6.45, 7) is 6.30. The molecule has 4 amide bonds. The molecule has 6 rings (SSSR count). The lowest BCUT2D eigenvalue weighted by Crippen LogP contribution is -2.63. The van der Waals surface area contributed by atoms with Crippen LogP contribution in [-0.2, 0) is 36.8 Å². The molecule has 2 saturated heterocycles. The van der Waals surface area contributed by atoms with Crippen LogP contribution in [0.3, 0.4) is 0 Å². The number of ether oxygens (including phenoxy) is 3. The number of nitrogens with zero attached hydrogens (tertiary/aromatic N) is 5. The van der Waals surface area contributed by atoms with Gasteiger partial charge in [0.1, 0.15) is 35.4 Å². The van der Waals surface area contributed by atoms with E-state index in [1.807, 2.05) is 17.4 Å². The van der Waals surface area contributed by atoms with Crippen molar-refractivity contribution in [2.75, 3.05) is 58.5 Å². The quantitative estimate of drug-likeness (QED) is 0.0373. The number of aliphatic hydroxyl groups excluding tert-OH is 1. The fourth-order valence-electron chi connectivity index (χ4n) is 8.79. The number of benzene rings is 2. The van der Waals surface area contributed by atoms with Gasteiger partial charge in [0.15, 0.2) is 0 Å². The first-order valence-corrected chi connectivity index (χ1v) is 25.2. The van der Waals surface area contributed by atoms with Crippen molar-refractivity contribution in [3.05, 3.63) is 113 Å². The number of hydrogen-bond donors (Lipinski definition) is 5. The monoisotopic (exact) mass is 1140 g/mol. The molecule has 0 radical (unpaired) electrons. The molecule has 2 aromatic heterocycles. The summed E-state index contributed by atoms with van der Waals surface area (Å²) >= 11 is 0. The normalized spacial score (nSPS) is 17.0. The number of alkyl halides is 6. The Kier molecular flexibility index (Phi) is 20.1.